The van der Waals surface area contributed by atoms with Gasteiger partial charge in [-0.15, -0.1) is 0 Å². The number of hydrogen-bond acceptors (Lipinski definition) is 6. The average molecular weight is 270 g/mol. The topological polar surface area (TPSA) is 142 Å². The maximum atomic E-state index is 11.6. The lowest BCUT2D eigenvalue weighted by atomic mass is 10.3. The smallest absolute Gasteiger partial charge is 0.349 e. The molecule has 0 aromatic rings. The Labute approximate surface area is 99.3 Å². The van der Waals surface area contributed by atoms with Crippen molar-refractivity contribution in [1.82, 2.24) is 5.32 Å². The van der Waals surface area contributed by atoms with Gasteiger partial charge in [0.25, 0.3) is 0 Å². The largest absolute Gasteiger partial charge is 0.394 e. The van der Waals surface area contributed by atoms with Crippen LogP contribution in [0.4, 0.5) is 0 Å². The summed E-state index contributed by atoms with van der Waals surface area (Å²) in [5.74, 6) is -1.73. The van der Waals surface area contributed by atoms with Crippen LogP contribution in [0.3, 0.4) is 0 Å². The fourth-order valence-electron chi connectivity index (χ4n) is 0.776. The summed E-state index contributed by atoms with van der Waals surface area (Å²) in [4.78, 5) is 20.6. The van der Waals surface area contributed by atoms with Crippen molar-refractivity contribution in [3.8, 4) is 0 Å². The fraction of sp³-hybridized carbons (Fsp3) is 0.875. The Kier molecular flexibility index (Phi) is 6.84. The molecule has 0 heterocycles. The standard InChI is InChI=1S/C8H19N2O6P/c1-5(9)8(13)10-6(2)17(14,15)16-4-7(12)3-11/h5-7,11-12H,3-4,9H2,1-2H3,(H,10,13)(H,14,15)/t5-,6?,7?/m0/s1. The number of nitrogens with two attached hydrogens (primary N) is 1. The summed E-state index contributed by atoms with van der Waals surface area (Å²) in [6.07, 6.45) is -1.24. The van der Waals surface area contributed by atoms with E-state index in [2.05, 4.69) is 9.84 Å². The van der Waals surface area contributed by atoms with Crippen LogP contribution in [-0.4, -0.2) is 52.2 Å². The van der Waals surface area contributed by atoms with Crippen LogP contribution in [0.25, 0.3) is 0 Å². The molecule has 1 amide bonds. The molecule has 0 aromatic carbocycles. The van der Waals surface area contributed by atoms with E-state index in [4.69, 9.17) is 15.9 Å². The number of carbonyl (C=O) groups excluding carboxylic acids is 1. The van der Waals surface area contributed by atoms with Crippen molar-refractivity contribution in [3.05, 3.63) is 0 Å². The summed E-state index contributed by atoms with van der Waals surface area (Å²) in [6.45, 7) is 1.64. The van der Waals surface area contributed by atoms with Gasteiger partial charge in [-0.3, -0.25) is 9.36 Å². The van der Waals surface area contributed by atoms with Crippen LogP contribution in [0.15, 0.2) is 0 Å². The Morgan fingerprint density at radius 2 is 2.06 bits per heavy atom. The average Bonchev–Trinajstić information content (AvgIpc) is 2.25. The zero-order chi connectivity index (χ0) is 13.6. The second kappa shape index (κ2) is 7.05. The van der Waals surface area contributed by atoms with Crippen LogP contribution in [0.1, 0.15) is 13.8 Å². The van der Waals surface area contributed by atoms with Gasteiger partial charge >= 0.3 is 7.60 Å². The van der Waals surface area contributed by atoms with Crippen LogP contribution < -0.4 is 11.1 Å². The highest BCUT2D eigenvalue weighted by Gasteiger charge is 2.31. The maximum absolute atomic E-state index is 11.6. The van der Waals surface area contributed by atoms with Crippen LogP contribution in [0.5, 0.6) is 0 Å². The van der Waals surface area contributed by atoms with E-state index in [-0.39, 0.29) is 0 Å². The summed E-state index contributed by atoms with van der Waals surface area (Å²) in [5.41, 5.74) is 5.27. The second-order valence-electron chi connectivity index (χ2n) is 3.67. The molecule has 0 radical (unpaired) electrons. The van der Waals surface area contributed by atoms with Crippen molar-refractivity contribution in [2.45, 2.75) is 31.8 Å². The van der Waals surface area contributed by atoms with Gasteiger partial charge in [0, 0.05) is 0 Å². The number of aliphatic hydroxyl groups excluding tert-OH is 2. The van der Waals surface area contributed by atoms with Crippen LogP contribution in [0, 0.1) is 0 Å². The minimum absolute atomic E-state index is 0.497. The predicted molar refractivity (Wildman–Crippen MR) is 60.1 cm³/mol. The van der Waals surface area contributed by atoms with E-state index in [1.165, 1.54) is 13.8 Å². The Hall–Kier alpha value is -0.500. The molecule has 9 heteroatoms. The van der Waals surface area contributed by atoms with Crippen molar-refractivity contribution in [2.75, 3.05) is 13.2 Å². The lowest BCUT2D eigenvalue weighted by Crippen LogP contribution is -2.43. The molecule has 0 aliphatic heterocycles. The number of hydrogen-bond donors (Lipinski definition) is 5. The van der Waals surface area contributed by atoms with Gasteiger partial charge in [-0.25, -0.2) is 0 Å². The van der Waals surface area contributed by atoms with Crippen molar-refractivity contribution in [2.24, 2.45) is 5.73 Å². The van der Waals surface area contributed by atoms with Gasteiger partial charge in [0.2, 0.25) is 5.91 Å². The van der Waals surface area contributed by atoms with Crippen molar-refractivity contribution < 1.29 is 29.0 Å². The van der Waals surface area contributed by atoms with Gasteiger partial charge in [-0.2, -0.15) is 0 Å². The first-order chi connectivity index (χ1) is 7.70. The monoisotopic (exact) mass is 270 g/mol. The second-order valence-corrected chi connectivity index (χ2v) is 5.83. The van der Waals surface area contributed by atoms with E-state index in [1.807, 2.05) is 0 Å². The summed E-state index contributed by atoms with van der Waals surface area (Å²) in [6, 6.07) is -0.805. The highest BCUT2D eigenvalue weighted by Crippen LogP contribution is 2.46. The highest BCUT2D eigenvalue weighted by molar-refractivity contribution is 7.53. The third kappa shape index (κ3) is 6.11. The number of nitrogens with one attached hydrogen (secondary N) is 1. The third-order valence-corrected chi connectivity index (χ3v) is 3.54. The van der Waals surface area contributed by atoms with E-state index in [0.717, 1.165) is 0 Å². The lowest BCUT2D eigenvalue weighted by Gasteiger charge is -2.21. The molecule has 0 fully saturated rings. The van der Waals surface area contributed by atoms with Crippen molar-refractivity contribution >= 4 is 13.5 Å². The van der Waals surface area contributed by atoms with Crippen LogP contribution in [-0.2, 0) is 13.9 Å². The first-order valence-electron chi connectivity index (χ1n) is 5.02. The van der Waals surface area contributed by atoms with Gasteiger partial charge in [-0.05, 0) is 13.8 Å². The molecule has 0 aliphatic rings. The molecular formula is C8H19N2O6P. The molecule has 0 saturated heterocycles. The van der Waals surface area contributed by atoms with E-state index in [9.17, 15) is 14.3 Å². The summed E-state index contributed by atoms with van der Waals surface area (Å²) in [5, 5.41) is 19.7. The Bertz CT molecular complexity index is 298. The summed E-state index contributed by atoms with van der Waals surface area (Å²) in [7, 11) is -4.10. The Morgan fingerprint density at radius 3 is 2.47 bits per heavy atom. The van der Waals surface area contributed by atoms with Crippen molar-refractivity contribution in [3.63, 3.8) is 0 Å². The van der Waals surface area contributed by atoms with E-state index in [0.29, 0.717) is 0 Å². The zero-order valence-electron chi connectivity index (χ0n) is 9.74. The van der Waals surface area contributed by atoms with E-state index in [1.54, 1.807) is 0 Å². The maximum Gasteiger partial charge on any atom is 0.349 e. The SMILES string of the molecule is CC(NC(=O)[C@H](C)N)P(=O)(O)OCC(O)CO. The molecule has 3 unspecified atom stereocenters. The molecule has 17 heavy (non-hydrogen) atoms. The fourth-order valence-corrected chi connectivity index (χ4v) is 1.68. The molecule has 0 rings (SSSR count). The van der Waals surface area contributed by atoms with Gasteiger partial charge in [0.05, 0.1) is 19.3 Å². The molecule has 0 spiro atoms. The molecule has 102 valence electrons. The molecular weight excluding hydrogens is 251 g/mol. The molecule has 4 atom stereocenters. The van der Waals surface area contributed by atoms with Gasteiger partial charge in [0.1, 0.15) is 11.9 Å². The van der Waals surface area contributed by atoms with Gasteiger partial charge in [0.15, 0.2) is 0 Å². The van der Waals surface area contributed by atoms with Gasteiger partial charge in [-0.1, -0.05) is 0 Å². The normalized spacial score (nSPS) is 20.1. The Morgan fingerprint density at radius 1 is 1.53 bits per heavy atom. The van der Waals surface area contributed by atoms with Gasteiger partial charge < -0.3 is 30.7 Å². The highest BCUT2D eigenvalue weighted by atomic mass is 31.2. The first-order valence-corrected chi connectivity index (χ1v) is 6.67. The number of rotatable bonds is 7. The molecule has 6 N–H and O–H groups in total. The summed E-state index contributed by atoms with van der Waals surface area (Å²) >= 11 is 0. The number of amides is 1. The molecule has 0 bridgehead atoms. The van der Waals surface area contributed by atoms with E-state index >= 15 is 0 Å². The van der Waals surface area contributed by atoms with E-state index < -0.39 is 44.6 Å². The lowest BCUT2D eigenvalue weighted by molar-refractivity contribution is -0.122. The Balaban J connectivity index is 4.30. The first kappa shape index (κ1) is 16.5. The summed E-state index contributed by atoms with van der Waals surface area (Å²) < 4.78 is 16.1. The predicted octanol–water partition coefficient (Wildman–Crippen LogP) is -1.65. The minimum atomic E-state index is -4.10. The molecule has 0 saturated carbocycles. The third-order valence-electron chi connectivity index (χ3n) is 1.92. The quantitative estimate of drug-likeness (QED) is 0.349. The zero-order valence-corrected chi connectivity index (χ0v) is 10.6. The minimum Gasteiger partial charge on any atom is -0.394 e. The number of carbonyl (C=O) groups is 1. The molecule has 0 aliphatic carbocycles. The van der Waals surface area contributed by atoms with Crippen LogP contribution >= 0.6 is 7.60 Å². The molecule has 8 nitrogen and oxygen atoms in total. The van der Waals surface area contributed by atoms with Crippen LogP contribution in [0.2, 0.25) is 0 Å². The molecule has 0 aromatic heterocycles. The number of aliphatic hydroxyl groups is 2. The van der Waals surface area contributed by atoms with Crippen molar-refractivity contribution in [1.29, 1.82) is 0 Å².